The predicted molar refractivity (Wildman–Crippen MR) is 66.5 cm³/mol. The van der Waals surface area contributed by atoms with Crippen LogP contribution in [0.1, 0.15) is 40.5 Å². The fourth-order valence-corrected chi connectivity index (χ4v) is 2.03. The van der Waals surface area contributed by atoms with E-state index in [-0.39, 0.29) is 11.9 Å². The van der Waals surface area contributed by atoms with Gasteiger partial charge in [0.2, 0.25) is 0 Å². The second kappa shape index (κ2) is 5.49. The van der Waals surface area contributed by atoms with Gasteiger partial charge in [0, 0.05) is 0 Å². The molecule has 0 spiro atoms. The Kier molecular flexibility index (Phi) is 4.51. The van der Waals surface area contributed by atoms with Crippen LogP contribution in [0.25, 0.3) is 0 Å². The van der Waals surface area contributed by atoms with Gasteiger partial charge < -0.3 is 5.32 Å². The Bertz CT molecular complexity index is 296. The monoisotopic (exact) mass is 241 g/mol. The number of urea groups is 1. The zero-order valence-corrected chi connectivity index (χ0v) is 11.2. The maximum Gasteiger partial charge on any atom is 0.326 e. The van der Waals surface area contributed by atoms with Gasteiger partial charge in [0.15, 0.2) is 0 Å². The number of rotatable bonds is 6. The molecule has 0 aromatic rings. The molecule has 0 aliphatic carbocycles. The third kappa shape index (κ3) is 3.19. The van der Waals surface area contributed by atoms with Gasteiger partial charge in [-0.1, -0.05) is 13.8 Å². The number of carbonyl (C=O) groups is 2. The standard InChI is InChI=1S/C12H23N3O2/c1-5-7-14(8-6-2)9-15-10(16)12(3,4)13-11(15)17/h5-9H2,1-4H3,(H,13,17). The van der Waals surface area contributed by atoms with Crippen LogP contribution in [0.3, 0.4) is 0 Å². The van der Waals surface area contributed by atoms with Crippen molar-refractivity contribution in [2.45, 2.75) is 46.1 Å². The fourth-order valence-electron chi connectivity index (χ4n) is 2.03. The van der Waals surface area contributed by atoms with Crippen molar-refractivity contribution in [1.29, 1.82) is 0 Å². The highest BCUT2D eigenvalue weighted by atomic mass is 16.2. The van der Waals surface area contributed by atoms with Crippen LogP contribution in [0.4, 0.5) is 4.79 Å². The molecule has 0 saturated carbocycles. The summed E-state index contributed by atoms with van der Waals surface area (Å²) in [6, 6.07) is -0.280. The first-order valence-corrected chi connectivity index (χ1v) is 6.28. The lowest BCUT2D eigenvalue weighted by Gasteiger charge is -2.25. The van der Waals surface area contributed by atoms with Crippen LogP contribution in [0.5, 0.6) is 0 Å². The van der Waals surface area contributed by atoms with Gasteiger partial charge in [-0.15, -0.1) is 0 Å². The van der Waals surface area contributed by atoms with Crippen LogP contribution >= 0.6 is 0 Å². The van der Waals surface area contributed by atoms with Gasteiger partial charge in [0.25, 0.3) is 5.91 Å². The Labute approximate surface area is 103 Å². The summed E-state index contributed by atoms with van der Waals surface area (Å²) in [5.41, 5.74) is -0.763. The molecule has 0 radical (unpaired) electrons. The topological polar surface area (TPSA) is 52.6 Å². The Morgan fingerprint density at radius 2 is 1.71 bits per heavy atom. The van der Waals surface area contributed by atoms with Gasteiger partial charge in [-0.3, -0.25) is 9.69 Å². The molecular formula is C12H23N3O2. The number of carbonyl (C=O) groups excluding carboxylic acids is 2. The summed E-state index contributed by atoms with van der Waals surface area (Å²) in [4.78, 5) is 27.2. The average Bonchev–Trinajstić information content (AvgIpc) is 2.41. The largest absolute Gasteiger partial charge is 0.326 e. The molecule has 1 N–H and O–H groups in total. The Hall–Kier alpha value is -1.10. The molecule has 3 amide bonds. The number of nitrogens with one attached hydrogen (secondary N) is 1. The van der Waals surface area contributed by atoms with Crippen molar-refractivity contribution < 1.29 is 9.59 Å². The van der Waals surface area contributed by atoms with Gasteiger partial charge >= 0.3 is 6.03 Å². The Morgan fingerprint density at radius 1 is 1.18 bits per heavy atom. The molecule has 1 fully saturated rings. The van der Waals surface area contributed by atoms with E-state index in [0.717, 1.165) is 25.9 Å². The Morgan fingerprint density at radius 3 is 2.06 bits per heavy atom. The second-order valence-electron chi connectivity index (χ2n) is 5.05. The van der Waals surface area contributed by atoms with Gasteiger partial charge in [-0.05, 0) is 39.8 Å². The summed E-state index contributed by atoms with van der Waals surface area (Å²) in [7, 11) is 0. The smallest absolute Gasteiger partial charge is 0.324 e. The number of hydrogen-bond donors (Lipinski definition) is 1. The molecule has 1 saturated heterocycles. The summed E-state index contributed by atoms with van der Waals surface area (Å²) < 4.78 is 0. The quantitative estimate of drug-likeness (QED) is 0.715. The highest BCUT2D eigenvalue weighted by Gasteiger charge is 2.44. The van der Waals surface area contributed by atoms with Crippen LogP contribution in [0.15, 0.2) is 0 Å². The molecule has 0 unspecified atom stereocenters. The lowest BCUT2D eigenvalue weighted by atomic mass is 10.1. The first-order chi connectivity index (χ1) is 7.92. The average molecular weight is 241 g/mol. The van der Waals surface area contributed by atoms with E-state index in [2.05, 4.69) is 24.1 Å². The summed E-state index contributed by atoms with van der Waals surface area (Å²) in [5, 5.41) is 2.69. The fraction of sp³-hybridized carbons (Fsp3) is 0.833. The van der Waals surface area contributed by atoms with E-state index < -0.39 is 5.54 Å². The van der Waals surface area contributed by atoms with E-state index in [1.165, 1.54) is 4.90 Å². The van der Waals surface area contributed by atoms with Gasteiger partial charge in [-0.2, -0.15) is 0 Å². The SMILES string of the molecule is CCCN(CCC)CN1C(=O)NC(C)(C)C1=O. The van der Waals surface area contributed by atoms with Crippen LogP contribution in [0.2, 0.25) is 0 Å². The van der Waals surface area contributed by atoms with E-state index in [4.69, 9.17) is 0 Å². The third-order valence-corrected chi connectivity index (χ3v) is 2.87. The van der Waals surface area contributed by atoms with Crippen molar-refractivity contribution in [3.8, 4) is 0 Å². The molecule has 98 valence electrons. The number of amides is 3. The van der Waals surface area contributed by atoms with Crippen molar-refractivity contribution in [2.75, 3.05) is 19.8 Å². The maximum absolute atomic E-state index is 12.0. The maximum atomic E-state index is 12.0. The van der Waals surface area contributed by atoms with Crippen LogP contribution in [0, 0.1) is 0 Å². The summed E-state index contributed by atoms with van der Waals surface area (Å²) >= 11 is 0. The minimum absolute atomic E-state index is 0.139. The van der Waals surface area contributed by atoms with E-state index >= 15 is 0 Å². The lowest BCUT2D eigenvalue weighted by Crippen LogP contribution is -2.44. The van der Waals surface area contributed by atoms with Crippen molar-refractivity contribution in [3.63, 3.8) is 0 Å². The van der Waals surface area contributed by atoms with Crippen LogP contribution < -0.4 is 5.32 Å². The normalized spacial score (nSPS) is 19.0. The van der Waals surface area contributed by atoms with E-state index in [1.807, 2.05) is 0 Å². The Balaban J connectivity index is 2.66. The molecule has 1 aliphatic rings. The molecule has 5 nitrogen and oxygen atoms in total. The first-order valence-electron chi connectivity index (χ1n) is 6.28. The zero-order valence-electron chi connectivity index (χ0n) is 11.2. The zero-order chi connectivity index (χ0) is 13.1. The molecule has 0 aromatic carbocycles. The van der Waals surface area contributed by atoms with E-state index in [1.54, 1.807) is 13.8 Å². The highest BCUT2D eigenvalue weighted by Crippen LogP contribution is 2.17. The van der Waals surface area contributed by atoms with Gasteiger partial charge in [0.1, 0.15) is 5.54 Å². The molecule has 0 atom stereocenters. The second-order valence-corrected chi connectivity index (χ2v) is 5.05. The van der Waals surface area contributed by atoms with Crippen molar-refractivity contribution >= 4 is 11.9 Å². The number of nitrogens with zero attached hydrogens (tertiary/aromatic N) is 2. The molecule has 1 heterocycles. The van der Waals surface area contributed by atoms with E-state index in [0.29, 0.717) is 6.67 Å². The number of hydrogen-bond acceptors (Lipinski definition) is 3. The first kappa shape index (κ1) is 14.0. The minimum Gasteiger partial charge on any atom is -0.324 e. The van der Waals surface area contributed by atoms with Crippen molar-refractivity contribution in [2.24, 2.45) is 0 Å². The molecule has 5 heteroatoms. The van der Waals surface area contributed by atoms with Crippen LogP contribution in [-0.4, -0.2) is 47.0 Å². The summed E-state index contributed by atoms with van der Waals surface area (Å²) in [6.07, 6.45) is 2.04. The molecule has 1 rings (SSSR count). The third-order valence-electron chi connectivity index (χ3n) is 2.87. The molecule has 1 aliphatic heterocycles. The van der Waals surface area contributed by atoms with Gasteiger partial charge in [0.05, 0.1) is 6.67 Å². The number of imide groups is 1. The predicted octanol–water partition coefficient (Wildman–Crippen LogP) is 1.40. The highest BCUT2D eigenvalue weighted by molar-refractivity contribution is 6.06. The van der Waals surface area contributed by atoms with Crippen LogP contribution in [-0.2, 0) is 4.79 Å². The summed E-state index contributed by atoms with van der Waals surface area (Å²) in [5.74, 6) is -0.139. The molecule has 0 bridgehead atoms. The lowest BCUT2D eigenvalue weighted by molar-refractivity contribution is -0.131. The van der Waals surface area contributed by atoms with Crippen molar-refractivity contribution in [1.82, 2.24) is 15.1 Å². The molecule has 17 heavy (non-hydrogen) atoms. The summed E-state index contributed by atoms with van der Waals surface area (Å²) in [6.45, 7) is 9.87. The molecule has 0 aromatic heterocycles. The van der Waals surface area contributed by atoms with Crippen molar-refractivity contribution in [3.05, 3.63) is 0 Å². The van der Waals surface area contributed by atoms with E-state index in [9.17, 15) is 9.59 Å². The minimum atomic E-state index is -0.763. The van der Waals surface area contributed by atoms with Gasteiger partial charge in [-0.25, -0.2) is 9.69 Å². The molecular weight excluding hydrogens is 218 g/mol.